The maximum absolute atomic E-state index is 10.4. The van der Waals surface area contributed by atoms with Crippen molar-refractivity contribution in [1.29, 1.82) is 0 Å². The van der Waals surface area contributed by atoms with Gasteiger partial charge in [0.15, 0.2) is 0 Å². The molecule has 4 nitrogen and oxygen atoms in total. The molecule has 0 amide bonds. The minimum Gasteiger partial charge on any atom is -0.396 e. The normalized spacial score (nSPS) is 9.92. The predicted octanol–water partition coefficient (Wildman–Crippen LogP) is 1.95. The van der Waals surface area contributed by atoms with Crippen molar-refractivity contribution in [3.63, 3.8) is 0 Å². The molecule has 1 aromatic rings. The van der Waals surface area contributed by atoms with Crippen LogP contribution in [0.4, 0.5) is 4.79 Å². The Morgan fingerprint density at radius 3 is 3.00 bits per heavy atom. The molecule has 0 aliphatic rings. The van der Waals surface area contributed by atoms with Gasteiger partial charge in [-0.1, -0.05) is 0 Å². The van der Waals surface area contributed by atoms with Crippen molar-refractivity contribution in [3.05, 3.63) is 11.8 Å². The highest BCUT2D eigenvalue weighted by Gasteiger charge is 2.07. The standard InChI is InChI=1S/C7H9ClN2O2/c1-3-10-6(12-7(8)11)4-5(2)9-10/h4H,3H2,1-2H3. The third kappa shape index (κ3) is 1.98. The lowest BCUT2D eigenvalue weighted by molar-refractivity contribution is 0.221. The van der Waals surface area contributed by atoms with Gasteiger partial charge in [0.1, 0.15) is 0 Å². The fraction of sp³-hybridized carbons (Fsp3) is 0.429. The van der Waals surface area contributed by atoms with Crippen molar-refractivity contribution >= 4 is 17.0 Å². The van der Waals surface area contributed by atoms with Crippen LogP contribution in [0.1, 0.15) is 12.6 Å². The quantitative estimate of drug-likeness (QED) is 0.667. The van der Waals surface area contributed by atoms with Gasteiger partial charge in [0.25, 0.3) is 0 Å². The maximum Gasteiger partial charge on any atom is 0.410 e. The number of halogens is 1. The lowest BCUT2D eigenvalue weighted by Gasteiger charge is -2.00. The molecule has 0 radical (unpaired) electrons. The molecule has 0 atom stereocenters. The summed E-state index contributed by atoms with van der Waals surface area (Å²) < 4.78 is 6.25. The Morgan fingerprint density at radius 1 is 1.83 bits per heavy atom. The zero-order chi connectivity index (χ0) is 9.14. The van der Waals surface area contributed by atoms with Crippen molar-refractivity contribution in [2.24, 2.45) is 0 Å². The van der Waals surface area contributed by atoms with E-state index in [4.69, 9.17) is 11.6 Å². The first-order valence-corrected chi connectivity index (χ1v) is 3.93. The maximum atomic E-state index is 10.4. The summed E-state index contributed by atoms with van der Waals surface area (Å²) in [6, 6.07) is 1.66. The third-order valence-electron chi connectivity index (χ3n) is 1.35. The van der Waals surface area contributed by atoms with Crippen LogP contribution in [0.3, 0.4) is 0 Å². The van der Waals surface area contributed by atoms with Crippen molar-refractivity contribution in [1.82, 2.24) is 9.78 Å². The van der Waals surface area contributed by atoms with Crippen molar-refractivity contribution in [2.75, 3.05) is 0 Å². The number of aromatic nitrogens is 2. The van der Waals surface area contributed by atoms with E-state index in [1.54, 1.807) is 10.7 Å². The van der Waals surface area contributed by atoms with Crippen LogP contribution < -0.4 is 4.74 Å². The predicted molar refractivity (Wildman–Crippen MR) is 44.5 cm³/mol. The van der Waals surface area contributed by atoms with Gasteiger partial charge in [0, 0.05) is 24.2 Å². The topological polar surface area (TPSA) is 44.1 Å². The number of rotatable bonds is 2. The molecule has 0 spiro atoms. The Kier molecular flexibility index (Phi) is 2.70. The number of hydrogen-bond donors (Lipinski definition) is 0. The van der Waals surface area contributed by atoms with Crippen molar-refractivity contribution in [3.8, 4) is 5.88 Å². The first-order valence-electron chi connectivity index (χ1n) is 3.55. The molecule has 1 aromatic heterocycles. The first-order chi connectivity index (χ1) is 5.63. The Balaban J connectivity index is 2.89. The summed E-state index contributed by atoms with van der Waals surface area (Å²) in [5.74, 6) is 0.384. The lowest BCUT2D eigenvalue weighted by Crippen LogP contribution is -2.04. The largest absolute Gasteiger partial charge is 0.410 e. The SMILES string of the molecule is CCn1nc(C)cc1OC(=O)Cl. The molecule has 0 saturated carbocycles. The van der Waals surface area contributed by atoms with Crippen molar-refractivity contribution in [2.45, 2.75) is 20.4 Å². The Labute approximate surface area is 75.1 Å². The smallest absolute Gasteiger partial charge is 0.396 e. The molecule has 0 aliphatic heterocycles. The number of carbonyl (C=O) groups is 1. The van der Waals surface area contributed by atoms with Gasteiger partial charge in [-0.2, -0.15) is 5.10 Å². The Hall–Kier alpha value is -1.03. The second-order valence-electron chi connectivity index (χ2n) is 2.28. The van der Waals surface area contributed by atoms with E-state index < -0.39 is 5.43 Å². The van der Waals surface area contributed by atoms with Gasteiger partial charge in [0.2, 0.25) is 5.88 Å². The summed E-state index contributed by atoms with van der Waals surface area (Å²) in [6.07, 6.45) is 0. The fourth-order valence-corrected chi connectivity index (χ4v) is 0.992. The monoisotopic (exact) mass is 188 g/mol. The minimum absolute atomic E-state index is 0.384. The van der Waals surface area contributed by atoms with E-state index >= 15 is 0 Å². The third-order valence-corrected chi connectivity index (χ3v) is 1.43. The zero-order valence-corrected chi connectivity index (χ0v) is 7.63. The molecule has 0 aromatic carbocycles. The molecule has 1 heterocycles. The molecule has 0 fully saturated rings. The van der Waals surface area contributed by atoms with Gasteiger partial charge in [0.05, 0.1) is 5.69 Å². The van der Waals surface area contributed by atoms with Gasteiger partial charge >= 0.3 is 5.43 Å². The fourth-order valence-electron chi connectivity index (χ4n) is 0.913. The summed E-state index contributed by atoms with van der Waals surface area (Å²) >= 11 is 5.05. The molecular weight excluding hydrogens is 180 g/mol. The van der Waals surface area contributed by atoms with Gasteiger partial charge in [-0.3, -0.25) is 0 Å². The highest BCUT2D eigenvalue weighted by atomic mass is 35.5. The van der Waals surface area contributed by atoms with E-state index in [0.29, 0.717) is 12.4 Å². The van der Waals surface area contributed by atoms with Crippen LogP contribution in [0, 0.1) is 6.92 Å². The summed E-state index contributed by atoms with van der Waals surface area (Å²) in [7, 11) is 0. The number of hydrogen-bond acceptors (Lipinski definition) is 3. The van der Waals surface area contributed by atoms with E-state index in [1.807, 2.05) is 13.8 Å². The molecule has 1 rings (SSSR count). The van der Waals surface area contributed by atoms with Crippen LogP contribution in [0.5, 0.6) is 5.88 Å². The van der Waals surface area contributed by atoms with Gasteiger partial charge < -0.3 is 4.74 Å². The van der Waals surface area contributed by atoms with E-state index in [9.17, 15) is 4.79 Å². The average molecular weight is 189 g/mol. The number of nitrogens with zero attached hydrogens (tertiary/aromatic N) is 2. The van der Waals surface area contributed by atoms with Crippen LogP contribution in [-0.2, 0) is 6.54 Å². The number of aryl methyl sites for hydroxylation is 2. The van der Waals surface area contributed by atoms with Crippen LogP contribution in [-0.4, -0.2) is 15.2 Å². The van der Waals surface area contributed by atoms with Crippen LogP contribution >= 0.6 is 11.6 Å². The zero-order valence-electron chi connectivity index (χ0n) is 6.87. The molecule has 0 unspecified atom stereocenters. The van der Waals surface area contributed by atoms with E-state index in [2.05, 4.69) is 9.84 Å². The first kappa shape index (κ1) is 9.06. The average Bonchev–Trinajstić information content (AvgIpc) is 2.29. The summed E-state index contributed by atoms with van der Waals surface area (Å²) in [5.41, 5.74) is -0.0469. The molecule has 0 bridgehead atoms. The molecule has 0 saturated heterocycles. The summed E-state index contributed by atoms with van der Waals surface area (Å²) in [6.45, 7) is 4.36. The molecule has 0 aliphatic carbocycles. The number of ether oxygens (including phenoxy) is 1. The number of carbonyl (C=O) groups excluding carboxylic acids is 1. The van der Waals surface area contributed by atoms with Crippen LogP contribution in [0.25, 0.3) is 0 Å². The summed E-state index contributed by atoms with van der Waals surface area (Å²) in [5, 5.41) is 4.06. The van der Waals surface area contributed by atoms with E-state index in [0.717, 1.165) is 5.69 Å². The van der Waals surface area contributed by atoms with E-state index in [-0.39, 0.29) is 0 Å². The highest BCUT2D eigenvalue weighted by Crippen LogP contribution is 2.13. The Morgan fingerprint density at radius 2 is 2.50 bits per heavy atom. The molecule has 12 heavy (non-hydrogen) atoms. The highest BCUT2D eigenvalue weighted by molar-refractivity contribution is 6.61. The van der Waals surface area contributed by atoms with Crippen LogP contribution in [0.15, 0.2) is 6.07 Å². The van der Waals surface area contributed by atoms with Gasteiger partial charge in [-0.25, -0.2) is 9.48 Å². The molecular formula is C7H9ClN2O2. The molecule has 66 valence electrons. The summed E-state index contributed by atoms with van der Waals surface area (Å²) in [4.78, 5) is 10.4. The lowest BCUT2D eigenvalue weighted by atomic mass is 10.5. The van der Waals surface area contributed by atoms with E-state index in [1.165, 1.54) is 0 Å². The van der Waals surface area contributed by atoms with Gasteiger partial charge in [-0.05, 0) is 13.8 Å². The molecule has 5 heteroatoms. The second kappa shape index (κ2) is 3.58. The molecule has 0 N–H and O–H groups in total. The minimum atomic E-state index is -0.843. The van der Waals surface area contributed by atoms with Gasteiger partial charge in [-0.15, -0.1) is 0 Å². The Bertz CT molecular complexity index is 296. The van der Waals surface area contributed by atoms with Crippen molar-refractivity contribution < 1.29 is 9.53 Å². The van der Waals surface area contributed by atoms with Crippen LogP contribution in [0.2, 0.25) is 0 Å². The second-order valence-corrected chi connectivity index (χ2v) is 2.59.